The largest absolute Gasteiger partial charge is 0.502 e. The maximum Gasteiger partial charge on any atom is 0.333 e. The fourth-order valence-electron chi connectivity index (χ4n) is 5.77. The lowest BCUT2D eigenvalue weighted by molar-refractivity contribution is 0.0318. The van der Waals surface area contributed by atoms with Gasteiger partial charge in [0.15, 0.2) is 11.4 Å². The molecule has 4 rings (SSSR count). The van der Waals surface area contributed by atoms with Crippen LogP contribution in [0.25, 0.3) is 0 Å². The Labute approximate surface area is 246 Å². The van der Waals surface area contributed by atoms with E-state index >= 15 is 0 Å². The average Bonchev–Trinajstić information content (AvgIpc) is 3.38. The fraction of sp³-hybridized carbons (Fsp3) is 0.481. The van der Waals surface area contributed by atoms with E-state index in [1.807, 2.05) is 0 Å². The SMILES string of the molecule is CCOP(=O)(OCC)C1CCC2(C1)N(CC)C(=O)c1c(O)c(=O)c(C(=N)SC(=N)Cc3ccc(F)cc3F)cn1N2C. The summed E-state index contributed by atoms with van der Waals surface area (Å²) < 4.78 is 53.5. The van der Waals surface area contributed by atoms with Crippen LogP contribution in [0.2, 0.25) is 0 Å². The fourth-order valence-corrected chi connectivity index (χ4v) is 8.67. The zero-order chi connectivity index (χ0) is 31.0. The van der Waals surface area contributed by atoms with Crippen molar-refractivity contribution in [1.29, 1.82) is 10.8 Å². The second kappa shape index (κ2) is 12.3. The van der Waals surface area contributed by atoms with Crippen LogP contribution in [0.3, 0.4) is 0 Å². The van der Waals surface area contributed by atoms with Crippen LogP contribution in [0.1, 0.15) is 61.6 Å². The molecule has 1 amide bonds. The van der Waals surface area contributed by atoms with E-state index in [1.54, 1.807) is 32.8 Å². The zero-order valence-corrected chi connectivity index (χ0v) is 25.5. The molecule has 1 saturated carbocycles. The van der Waals surface area contributed by atoms with Gasteiger partial charge in [-0.05, 0) is 45.2 Å². The van der Waals surface area contributed by atoms with Crippen molar-refractivity contribution >= 4 is 35.4 Å². The number of carbonyl (C=O) groups excluding carboxylic acids is 1. The predicted molar refractivity (Wildman–Crippen MR) is 157 cm³/mol. The van der Waals surface area contributed by atoms with Gasteiger partial charge in [-0.15, -0.1) is 0 Å². The van der Waals surface area contributed by atoms with Gasteiger partial charge in [-0.2, -0.15) is 0 Å². The Morgan fingerprint density at radius 2 is 1.86 bits per heavy atom. The van der Waals surface area contributed by atoms with Gasteiger partial charge >= 0.3 is 7.60 Å². The Bertz CT molecular complexity index is 1530. The zero-order valence-electron chi connectivity index (χ0n) is 23.8. The second-order valence-corrected chi connectivity index (χ2v) is 13.4. The molecule has 1 aliphatic heterocycles. The van der Waals surface area contributed by atoms with Crippen molar-refractivity contribution in [2.24, 2.45) is 0 Å². The van der Waals surface area contributed by atoms with Crippen LogP contribution < -0.4 is 10.4 Å². The molecule has 2 unspecified atom stereocenters. The van der Waals surface area contributed by atoms with Gasteiger partial charge in [0.2, 0.25) is 5.43 Å². The molecule has 228 valence electrons. The second-order valence-electron chi connectivity index (χ2n) is 10.0. The molecule has 1 aromatic carbocycles. The number of thioether (sulfide) groups is 1. The highest BCUT2D eigenvalue weighted by atomic mass is 32.2. The third-order valence-corrected chi connectivity index (χ3v) is 11.1. The van der Waals surface area contributed by atoms with E-state index in [0.29, 0.717) is 30.7 Å². The molecule has 3 N–H and O–H groups in total. The van der Waals surface area contributed by atoms with Crippen LogP contribution in [0.5, 0.6) is 5.75 Å². The molecule has 42 heavy (non-hydrogen) atoms. The molecule has 2 heterocycles. The monoisotopic (exact) mass is 625 g/mol. The van der Waals surface area contributed by atoms with Gasteiger partial charge in [0.05, 0.1) is 29.5 Å². The number of hydrogen-bond donors (Lipinski definition) is 3. The Hall–Kier alpha value is -3.06. The molecule has 2 aliphatic rings. The lowest BCUT2D eigenvalue weighted by Crippen LogP contribution is -2.68. The molecule has 0 bridgehead atoms. The summed E-state index contributed by atoms with van der Waals surface area (Å²) in [7, 11) is -1.83. The molecule has 0 saturated heterocycles. The van der Waals surface area contributed by atoms with Gasteiger partial charge in [-0.3, -0.25) is 34.7 Å². The third-order valence-electron chi connectivity index (χ3n) is 7.70. The Balaban J connectivity index is 1.69. The highest BCUT2D eigenvalue weighted by Crippen LogP contribution is 2.61. The lowest BCUT2D eigenvalue weighted by Gasteiger charge is -2.52. The third kappa shape index (κ3) is 5.52. The number of fused-ring (bicyclic) bond motifs is 1. The summed E-state index contributed by atoms with van der Waals surface area (Å²) in [5.41, 5.74) is -2.96. The molecule has 1 aromatic heterocycles. The topological polar surface area (TPSA) is 149 Å². The lowest BCUT2D eigenvalue weighted by atomic mass is 10.0. The van der Waals surface area contributed by atoms with Crippen LogP contribution in [0.15, 0.2) is 29.2 Å². The van der Waals surface area contributed by atoms with Crippen molar-refractivity contribution in [3.8, 4) is 5.75 Å². The molecule has 15 heteroatoms. The first-order chi connectivity index (χ1) is 19.8. The number of pyridine rings is 1. The molecule has 1 spiro atoms. The van der Waals surface area contributed by atoms with Gasteiger partial charge in [0.1, 0.15) is 22.3 Å². The molecule has 2 aromatic rings. The van der Waals surface area contributed by atoms with Crippen molar-refractivity contribution in [2.45, 2.75) is 57.8 Å². The van der Waals surface area contributed by atoms with Crippen molar-refractivity contribution in [1.82, 2.24) is 9.58 Å². The summed E-state index contributed by atoms with van der Waals surface area (Å²) >= 11 is 0.577. The number of benzene rings is 1. The van der Waals surface area contributed by atoms with Crippen molar-refractivity contribution < 1.29 is 32.3 Å². The summed E-state index contributed by atoms with van der Waals surface area (Å²) in [4.78, 5) is 28.4. The van der Waals surface area contributed by atoms with E-state index < -0.39 is 52.7 Å². The predicted octanol–water partition coefficient (Wildman–Crippen LogP) is 4.67. The molecule has 11 nitrogen and oxygen atoms in total. The minimum atomic E-state index is -3.50. The summed E-state index contributed by atoms with van der Waals surface area (Å²) in [6, 6.07) is 2.96. The number of amides is 1. The number of aromatic nitrogens is 1. The quantitative estimate of drug-likeness (QED) is 0.207. The number of nitrogens with one attached hydrogen (secondary N) is 2. The van der Waals surface area contributed by atoms with Gasteiger partial charge in [0, 0.05) is 38.7 Å². The maximum absolute atomic E-state index is 14.1. The molecular formula is C27H34F2N5O6PS. The molecule has 1 aliphatic carbocycles. The standard InChI is InChI=1S/C27H34F2N5O6PS/c1-5-33-26(37)22-24(36)23(35)19(25(31)42-21(30)12-16-8-9-17(28)13-20(16)29)15-34(22)32(4)27(33)11-10-18(14-27)41(38,39-6-2)40-7-3/h8-9,13,15,18,30-31,36H,5-7,10-12,14H2,1-4H3. The van der Waals surface area contributed by atoms with E-state index in [9.17, 15) is 28.0 Å². The van der Waals surface area contributed by atoms with Gasteiger partial charge in [-0.25, -0.2) is 8.78 Å². The highest BCUT2D eigenvalue weighted by Gasteiger charge is 2.57. The van der Waals surface area contributed by atoms with Crippen LogP contribution >= 0.6 is 19.4 Å². The molecule has 2 atom stereocenters. The number of rotatable bonds is 9. The average molecular weight is 626 g/mol. The van der Waals surface area contributed by atoms with E-state index in [-0.39, 0.29) is 54.5 Å². The van der Waals surface area contributed by atoms with Crippen LogP contribution in [-0.2, 0) is 20.0 Å². The number of aromatic hydroxyl groups is 1. The van der Waals surface area contributed by atoms with Crippen molar-refractivity contribution in [3.05, 3.63) is 63.1 Å². The normalized spacial score (nSPS) is 20.3. The number of halogens is 2. The highest BCUT2D eigenvalue weighted by molar-refractivity contribution is 8.26. The number of nitrogens with zero attached hydrogens (tertiary/aromatic N) is 3. The van der Waals surface area contributed by atoms with Crippen LogP contribution in [0, 0.1) is 22.5 Å². The number of carbonyl (C=O) groups is 1. The van der Waals surface area contributed by atoms with Crippen LogP contribution in [0.4, 0.5) is 8.78 Å². The Morgan fingerprint density at radius 3 is 2.45 bits per heavy atom. The van der Waals surface area contributed by atoms with E-state index in [1.165, 1.54) is 21.8 Å². The van der Waals surface area contributed by atoms with Gasteiger partial charge in [-0.1, -0.05) is 17.8 Å². The smallest absolute Gasteiger partial charge is 0.333 e. The summed E-state index contributed by atoms with van der Waals surface area (Å²) in [6.45, 7) is 5.84. The van der Waals surface area contributed by atoms with Crippen molar-refractivity contribution in [3.63, 3.8) is 0 Å². The molecular weight excluding hydrogens is 591 g/mol. The summed E-state index contributed by atoms with van der Waals surface area (Å²) in [6.07, 6.45) is 2.10. The van der Waals surface area contributed by atoms with E-state index in [4.69, 9.17) is 19.9 Å². The maximum atomic E-state index is 14.1. The first-order valence-corrected chi connectivity index (χ1v) is 16.0. The molecule has 1 fully saturated rings. The summed E-state index contributed by atoms with van der Waals surface area (Å²) in [5, 5.41) is 28.8. The van der Waals surface area contributed by atoms with Gasteiger partial charge < -0.3 is 19.1 Å². The van der Waals surface area contributed by atoms with E-state index in [0.717, 1.165) is 6.07 Å². The van der Waals surface area contributed by atoms with Crippen LogP contribution in [-0.4, -0.2) is 68.8 Å². The van der Waals surface area contributed by atoms with Gasteiger partial charge in [0.25, 0.3) is 5.91 Å². The minimum Gasteiger partial charge on any atom is -0.502 e. The Kier molecular flexibility index (Phi) is 9.31. The number of hydrogen-bond acceptors (Lipinski definition) is 10. The summed E-state index contributed by atoms with van der Waals surface area (Å²) in [5.74, 6) is -3.04. The minimum absolute atomic E-state index is 0.0471. The molecule has 0 radical (unpaired) electrons. The first kappa shape index (κ1) is 31.9. The first-order valence-electron chi connectivity index (χ1n) is 13.5. The van der Waals surface area contributed by atoms with E-state index in [2.05, 4.69) is 0 Å². The Morgan fingerprint density at radius 1 is 1.19 bits per heavy atom. The van der Waals surface area contributed by atoms with Crippen molar-refractivity contribution in [2.75, 3.05) is 31.8 Å².